The zero-order valence-corrected chi connectivity index (χ0v) is 11.9. The van der Waals surface area contributed by atoms with Crippen molar-refractivity contribution in [1.29, 1.82) is 0 Å². The van der Waals surface area contributed by atoms with Crippen LogP contribution in [0.5, 0.6) is 0 Å². The molecule has 0 aromatic heterocycles. The molecule has 0 saturated heterocycles. The topological polar surface area (TPSA) is 44.1 Å². The van der Waals surface area contributed by atoms with Gasteiger partial charge in [-0.05, 0) is 0 Å². The van der Waals surface area contributed by atoms with E-state index in [1.807, 2.05) is 0 Å². The van der Waals surface area contributed by atoms with Gasteiger partial charge in [-0.1, -0.05) is 55.8 Å². The van der Waals surface area contributed by atoms with E-state index in [1.165, 1.54) is 0 Å². The first-order valence-electron chi connectivity index (χ1n) is 3.45. The zero-order chi connectivity index (χ0) is 7.71. The Hall–Kier alpha value is 1.55. The molecule has 2 nitrogen and oxygen atoms in total. The van der Waals surface area contributed by atoms with Gasteiger partial charge in [-0.15, -0.1) is 0 Å². The molecule has 0 spiro atoms. The summed E-state index contributed by atoms with van der Waals surface area (Å²) in [6.45, 7) is 13.8. The molecule has 0 amide bonds. The summed E-state index contributed by atoms with van der Waals surface area (Å²) in [7, 11) is -2.21. The summed E-state index contributed by atoms with van der Waals surface area (Å²) in [5.74, 6) is 0. The van der Waals surface area contributed by atoms with Crippen LogP contribution < -0.4 is 37.7 Å². The van der Waals surface area contributed by atoms with Crippen LogP contribution in [0.25, 0.3) is 4.65 Å². The molecular weight excluding hydrogens is 172 g/mol. The molecule has 1 N–H and O–H groups in total. The second kappa shape index (κ2) is 7.91. The summed E-state index contributed by atoms with van der Waals surface area (Å²) in [4.78, 5) is 0. The third-order valence-electron chi connectivity index (χ3n) is 0.671. The van der Waals surface area contributed by atoms with Gasteiger partial charge in [0.05, 0.1) is 0 Å². The van der Waals surface area contributed by atoms with Gasteiger partial charge in [-0.25, -0.2) is 0 Å². The Bertz CT molecular complexity index is 88.7. The fraction of sp³-hybridized carbons (Fsp3) is 1.00. The summed E-state index contributed by atoms with van der Waals surface area (Å²) >= 11 is 0. The summed E-state index contributed by atoms with van der Waals surface area (Å²) < 4.78 is 4.82. The third-order valence-corrected chi connectivity index (χ3v) is 6.04. The molecule has 6 heteroatoms. The van der Waals surface area contributed by atoms with E-state index in [2.05, 4.69) is 39.3 Å². The first-order valence-corrected chi connectivity index (χ1v) is 10.3. The van der Waals surface area contributed by atoms with Crippen LogP contribution in [0.15, 0.2) is 0 Å². The molecule has 0 aliphatic carbocycles. The summed E-state index contributed by atoms with van der Waals surface area (Å²) in [6.07, 6.45) is 0. The van der Waals surface area contributed by atoms with Crippen LogP contribution >= 0.6 is 0 Å². The zero-order valence-electron chi connectivity index (χ0n) is 9.89. The standard InChI is InChI=1S/C6H18NSi2.2Li.H2O/c1-8(2,3)7-9(4,5)6;;;/h1-6H3;;;1H2/q-1;2*+1;/p-1. The SMILES string of the molecule is C[Si](C)(C)[N-][Si](C)(C)C.[Li+].[Li+].[OH-]. The Morgan fingerprint density at radius 3 is 0.833 bits per heavy atom. The molecule has 0 heterocycles. The second-order valence-corrected chi connectivity index (χ2v) is 14.0. The molecule has 0 fully saturated rings. The maximum absolute atomic E-state index is 4.82. The smallest absolute Gasteiger partial charge is 0.870 e. The van der Waals surface area contributed by atoms with E-state index in [-0.39, 0.29) is 43.2 Å². The Morgan fingerprint density at radius 1 is 0.667 bits per heavy atom. The number of hydrogen-bond donors (Lipinski definition) is 0. The van der Waals surface area contributed by atoms with Crippen molar-refractivity contribution in [2.45, 2.75) is 39.3 Å². The van der Waals surface area contributed by atoms with Crippen molar-refractivity contribution in [2.75, 3.05) is 0 Å². The quantitative estimate of drug-likeness (QED) is 0.425. The first-order chi connectivity index (χ1) is 3.71. The van der Waals surface area contributed by atoms with Gasteiger partial charge in [0.1, 0.15) is 0 Å². The molecule has 0 bridgehead atoms. The predicted octanol–water partition coefficient (Wildman–Crippen LogP) is -3.14. The van der Waals surface area contributed by atoms with E-state index in [1.54, 1.807) is 0 Å². The van der Waals surface area contributed by atoms with Crippen LogP contribution in [-0.2, 0) is 0 Å². The minimum absolute atomic E-state index is 0. The molecular formula is C6H19Li2NOSi2. The van der Waals surface area contributed by atoms with Crippen molar-refractivity contribution in [3.63, 3.8) is 0 Å². The summed E-state index contributed by atoms with van der Waals surface area (Å²) in [6, 6.07) is 0. The van der Waals surface area contributed by atoms with Crippen molar-refractivity contribution < 1.29 is 43.2 Å². The molecule has 0 aliphatic rings. The molecule has 64 valence electrons. The van der Waals surface area contributed by atoms with Crippen LogP contribution in [0.3, 0.4) is 0 Å². The van der Waals surface area contributed by atoms with E-state index in [4.69, 9.17) is 4.65 Å². The van der Waals surface area contributed by atoms with Gasteiger partial charge in [0.25, 0.3) is 0 Å². The van der Waals surface area contributed by atoms with Crippen molar-refractivity contribution in [3.8, 4) is 0 Å². The van der Waals surface area contributed by atoms with Crippen molar-refractivity contribution in [3.05, 3.63) is 4.65 Å². The predicted molar refractivity (Wildman–Crippen MR) is 52.0 cm³/mol. The van der Waals surface area contributed by atoms with Gasteiger partial charge >= 0.3 is 37.7 Å². The van der Waals surface area contributed by atoms with E-state index in [0.29, 0.717) is 0 Å². The summed E-state index contributed by atoms with van der Waals surface area (Å²) in [5, 5.41) is 0. The Morgan fingerprint density at radius 2 is 0.833 bits per heavy atom. The minimum atomic E-state index is -1.11. The molecule has 0 rings (SSSR count). The average molecular weight is 191 g/mol. The molecule has 12 heavy (non-hydrogen) atoms. The molecule has 0 saturated carbocycles. The number of hydrogen-bond acceptors (Lipinski definition) is 1. The largest absolute Gasteiger partial charge is 1.00 e. The van der Waals surface area contributed by atoms with Gasteiger partial charge in [0, 0.05) is 0 Å². The van der Waals surface area contributed by atoms with Gasteiger partial charge in [-0.2, -0.15) is 0 Å². The van der Waals surface area contributed by atoms with Crippen LogP contribution in [0.2, 0.25) is 39.3 Å². The molecule has 0 unspecified atom stereocenters. The maximum atomic E-state index is 4.82. The molecule has 0 aromatic carbocycles. The molecule has 0 atom stereocenters. The maximum Gasteiger partial charge on any atom is 1.00 e. The van der Waals surface area contributed by atoms with Gasteiger partial charge in [0.15, 0.2) is 0 Å². The fourth-order valence-electron chi connectivity index (χ4n) is 1.01. The van der Waals surface area contributed by atoms with E-state index in [9.17, 15) is 0 Å². The molecule has 0 radical (unpaired) electrons. The van der Waals surface area contributed by atoms with E-state index in [0.717, 1.165) is 0 Å². The van der Waals surface area contributed by atoms with Crippen LogP contribution in [0.4, 0.5) is 0 Å². The molecule has 0 aromatic rings. The average Bonchev–Trinajstić information content (AvgIpc) is 1.14. The van der Waals surface area contributed by atoms with Gasteiger partial charge in [-0.3, -0.25) is 0 Å². The van der Waals surface area contributed by atoms with Crippen LogP contribution in [-0.4, -0.2) is 21.9 Å². The Balaban J connectivity index is -0.000000107. The van der Waals surface area contributed by atoms with Crippen molar-refractivity contribution in [2.24, 2.45) is 0 Å². The minimum Gasteiger partial charge on any atom is -0.870 e. The van der Waals surface area contributed by atoms with Crippen LogP contribution in [0, 0.1) is 0 Å². The van der Waals surface area contributed by atoms with Gasteiger partial charge in [0.2, 0.25) is 0 Å². The molecule has 0 aliphatic heterocycles. The van der Waals surface area contributed by atoms with Crippen molar-refractivity contribution >= 4 is 16.5 Å². The van der Waals surface area contributed by atoms with Crippen molar-refractivity contribution in [1.82, 2.24) is 0 Å². The third kappa shape index (κ3) is 22.6. The normalized spacial score (nSPS) is 10.5. The fourth-order valence-corrected chi connectivity index (χ4v) is 9.06. The van der Waals surface area contributed by atoms with Crippen LogP contribution in [0.1, 0.15) is 0 Å². The monoisotopic (exact) mass is 191 g/mol. The Labute approximate surface area is 103 Å². The van der Waals surface area contributed by atoms with E-state index >= 15 is 0 Å². The summed E-state index contributed by atoms with van der Waals surface area (Å²) in [5.41, 5.74) is 0. The second-order valence-electron chi connectivity index (χ2n) is 4.45. The number of rotatable bonds is 2. The first kappa shape index (κ1) is 23.4. The van der Waals surface area contributed by atoms with Gasteiger partial charge < -0.3 is 10.1 Å². The van der Waals surface area contributed by atoms with E-state index < -0.39 is 16.5 Å². The Kier molecular flexibility index (Phi) is 15.4. The number of nitrogens with zero attached hydrogens (tertiary/aromatic N) is 1.